The molecule has 106 valence electrons. The van der Waals surface area contributed by atoms with E-state index >= 15 is 0 Å². The summed E-state index contributed by atoms with van der Waals surface area (Å²) in [5, 5.41) is 3.37. The number of hydrogen-bond donors (Lipinski definition) is 3. The van der Waals surface area contributed by atoms with Crippen molar-refractivity contribution in [3.8, 4) is 0 Å². The highest BCUT2D eigenvalue weighted by atomic mass is 79.9. The summed E-state index contributed by atoms with van der Waals surface area (Å²) in [6.07, 6.45) is 0.937. The second-order valence-electron chi connectivity index (χ2n) is 4.52. The van der Waals surface area contributed by atoms with Crippen molar-refractivity contribution in [2.24, 2.45) is 5.84 Å². The lowest BCUT2D eigenvalue weighted by atomic mass is 10.1. The van der Waals surface area contributed by atoms with Gasteiger partial charge >= 0.3 is 0 Å². The lowest BCUT2D eigenvalue weighted by Crippen LogP contribution is -2.13. The zero-order valence-corrected chi connectivity index (χ0v) is 13.4. The van der Waals surface area contributed by atoms with E-state index in [-0.39, 0.29) is 0 Å². The van der Waals surface area contributed by atoms with Gasteiger partial charge in [0.25, 0.3) is 0 Å². The highest BCUT2D eigenvalue weighted by Gasteiger charge is 2.10. The number of nitrogens with one attached hydrogen (secondary N) is 2. The molecular formula is C14H18BrN5. The van der Waals surface area contributed by atoms with Crippen LogP contribution < -0.4 is 16.6 Å². The summed E-state index contributed by atoms with van der Waals surface area (Å²) in [7, 11) is 0. The van der Waals surface area contributed by atoms with Crippen molar-refractivity contribution >= 4 is 33.3 Å². The van der Waals surface area contributed by atoms with Gasteiger partial charge in [0.05, 0.1) is 0 Å². The number of nitrogens with two attached hydrogens (primary N) is 1. The smallest absolute Gasteiger partial charge is 0.148 e. The van der Waals surface area contributed by atoms with Gasteiger partial charge in [-0.15, -0.1) is 0 Å². The zero-order valence-electron chi connectivity index (χ0n) is 11.8. The molecule has 5 nitrogen and oxygen atoms in total. The monoisotopic (exact) mass is 335 g/mol. The number of aromatic nitrogens is 2. The predicted molar refractivity (Wildman–Crippen MR) is 86.1 cm³/mol. The lowest BCUT2D eigenvalue weighted by Gasteiger charge is -2.15. The minimum absolute atomic E-state index is 0.634. The SMILES string of the molecule is CCc1cc(Br)ccc1Nc1nc(C)nc(NN)c1C. The molecule has 0 amide bonds. The molecule has 4 N–H and O–H groups in total. The van der Waals surface area contributed by atoms with Crippen molar-refractivity contribution in [2.75, 3.05) is 10.7 Å². The van der Waals surface area contributed by atoms with Crippen molar-refractivity contribution in [1.29, 1.82) is 0 Å². The van der Waals surface area contributed by atoms with Gasteiger partial charge in [0.2, 0.25) is 0 Å². The van der Waals surface area contributed by atoms with Gasteiger partial charge in [-0.2, -0.15) is 0 Å². The molecule has 0 aliphatic heterocycles. The Morgan fingerprint density at radius 3 is 2.55 bits per heavy atom. The Labute approximate surface area is 127 Å². The van der Waals surface area contributed by atoms with Crippen LogP contribution in [0.15, 0.2) is 22.7 Å². The van der Waals surface area contributed by atoms with Crippen LogP contribution in [0.5, 0.6) is 0 Å². The molecule has 1 heterocycles. The third-order valence-corrected chi connectivity index (χ3v) is 3.59. The molecular weight excluding hydrogens is 318 g/mol. The number of aryl methyl sites for hydroxylation is 2. The van der Waals surface area contributed by atoms with Crippen LogP contribution >= 0.6 is 15.9 Å². The van der Waals surface area contributed by atoms with Crippen molar-refractivity contribution in [3.05, 3.63) is 39.6 Å². The minimum atomic E-state index is 0.634. The molecule has 0 bridgehead atoms. The average Bonchev–Trinajstić information content (AvgIpc) is 2.44. The summed E-state index contributed by atoms with van der Waals surface area (Å²) < 4.78 is 1.07. The maximum atomic E-state index is 5.48. The van der Waals surface area contributed by atoms with Gasteiger partial charge in [-0.3, -0.25) is 0 Å². The van der Waals surface area contributed by atoms with Crippen LogP contribution in [0.4, 0.5) is 17.3 Å². The quantitative estimate of drug-likeness (QED) is 0.589. The van der Waals surface area contributed by atoms with E-state index in [0.717, 1.165) is 28.0 Å². The van der Waals surface area contributed by atoms with Crippen LogP contribution in [0.1, 0.15) is 23.9 Å². The van der Waals surface area contributed by atoms with Crippen LogP contribution in [-0.2, 0) is 6.42 Å². The molecule has 2 aromatic rings. The first-order valence-corrected chi connectivity index (χ1v) is 7.21. The lowest BCUT2D eigenvalue weighted by molar-refractivity contribution is 1.02. The summed E-state index contributed by atoms with van der Waals surface area (Å²) in [5.41, 5.74) is 5.75. The number of halogens is 1. The Morgan fingerprint density at radius 2 is 1.90 bits per heavy atom. The number of nitrogen functional groups attached to an aromatic ring is 1. The fraction of sp³-hybridized carbons (Fsp3) is 0.286. The van der Waals surface area contributed by atoms with Gasteiger partial charge in [0.15, 0.2) is 0 Å². The Hall–Kier alpha value is -1.66. The fourth-order valence-corrected chi connectivity index (χ4v) is 2.40. The molecule has 0 unspecified atom stereocenters. The molecule has 0 saturated heterocycles. The van der Waals surface area contributed by atoms with Crippen LogP contribution in [0.2, 0.25) is 0 Å². The zero-order chi connectivity index (χ0) is 14.7. The largest absolute Gasteiger partial charge is 0.340 e. The van der Waals surface area contributed by atoms with Gasteiger partial charge < -0.3 is 10.7 Å². The second kappa shape index (κ2) is 6.19. The van der Waals surface area contributed by atoms with Gasteiger partial charge in [0.1, 0.15) is 17.5 Å². The van der Waals surface area contributed by atoms with E-state index in [2.05, 4.69) is 49.6 Å². The predicted octanol–water partition coefficient (Wildman–Crippen LogP) is 3.45. The van der Waals surface area contributed by atoms with Crippen LogP contribution in [0, 0.1) is 13.8 Å². The number of hydrazine groups is 1. The second-order valence-corrected chi connectivity index (χ2v) is 5.43. The number of hydrogen-bond acceptors (Lipinski definition) is 5. The van der Waals surface area contributed by atoms with Crippen molar-refractivity contribution in [1.82, 2.24) is 9.97 Å². The highest BCUT2D eigenvalue weighted by molar-refractivity contribution is 9.10. The Bertz CT molecular complexity index is 627. The Morgan fingerprint density at radius 1 is 1.20 bits per heavy atom. The number of anilines is 3. The number of nitrogens with zero attached hydrogens (tertiary/aromatic N) is 2. The van der Waals surface area contributed by atoms with E-state index < -0.39 is 0 Å². The first-order valence-electron chi connectivity index (χ1n) is 6.42. The van der Waals surface area contributed by atoms with Gasteiger partial charge in [-0.05, 0) is 44.0 Å². The molecule has 6 heteroatoms. The summed E-state index contributed by atoms with van der Waals surface area (Å²) >= 11 is 3.49. The molecule has 2 rings (SSSR count). The minimum Gasteiger partial charge on any atom is -0.340 e. The first kappa shape index (κ1) is 14.7. The van der Waals surface area contributed by atoms with Gasteiger partial charge in [-0.1, -0.05) is 22.9 Å². The molecule has 1 aromatic carbocycles. The van der Waals surface area contributed by atoms with Gasteiger partial charge in [-0.25, -0.2) is 15.8 Å². The average molecular weight is 336 g/mol. The summed E-state index contributed by atoms with van der Waals surface area (Å²) in [4.78, 5) is 8.70. The van der Waals surface area contributed by atoms with Crippen molar-refractivity contribution < 1.29 is 0 Å². The molecule has 0 atom stereocenters. The Kier molecular flexibility index (Phi) is 4.57. The summed E-state index contributed by atoms with van der Waals surface area (Å²) in [6.45, 7) is 5.90. The first-order chi connectivity index (χ1) is 9.55. The van der Waals surface area contributed by atoms with Crippen LogP contribution in [0.3, 0.4) is 0 Å². The molecule has 0 radical (unpaired) electrons. The normalized spacial score (nSPS) is 10.4. The van der Waals surface area contributed by atoms with E-state index in [1.807, 2.05) is 26.0 Å². The molecule has 20 heavy (non-hydrogen) atoms. The molecule has 0 aliphatic carbocycles. The number of rotatable bonds is 4. The molecule has 0 aliphatic rings. The topological polar surface area (TPSA) is 75.9 Å². The standard InChI is InChI=1S/C14H18BrN5/c1-4-10-7-11(15)5-6-12(10)19-13-8(2)14(20-16)18-9(3)17-13/h5-7H,4,16H2,1-3H3,(H2,17,18,19,20). The van der Waals surface area contributed by atoms with Crippen molar-refractivity contribution in [3.63, 3.8) is 0 Å². The molecule has 0 spiro atoms. The van der Waals surface area contributed by atoms with E-state index in [9.17, 15) is 0 Å². The third kappa shape index (κ3) is 3.08. The van der Waals surface area contributed by atoms with E-state index in [0.29, 0.717) is 11.6 Å². The Balaban J connectivity index is 2.42. The summed E-state index contributed by atoms with van der Waals surface area (Å²) in [6, 6.07) is 6.15. The van der Waals surface area contributed by atoms with E-state index in [1.54, 1.807) is 0 Å². The third-order valence-electron chi connectivity index (χ3n) is 3.10. The van der Waals surface area contributed by atoms with Gasteiger partial charge in [0, 0.05) is 15.7 Å². The van der Waals surface area contributed by atoms with Crippen LogP contribution in [0.25, 0.3) is 0 Å². The number of benzene rings is 1. The summed E-state index contributed by atoms with van der Waals surface area (Å²) in [5.74, 6) is 7.55. The van der Waals surface area contributed by atoms with Crippen LogP contribution in [-0.4, -0.2) is 9.97 Å². The maximum Gasteiger partial charge on any atom is 0.148 e. The highest BCUT2D eigenvalue weighted by Crippen LogP contribution is 2.27. The molecule has 1 aromatic heterocycles. The maximum absolute atomic E-state index is 5.48. The fourth-order valence-electron chi connectivity index (χ4n) is 2.00. The van der Waals surface area contributed by atoms with E-state index in [1.165, 1.54) is 5.56 Å². The molecule has 0 saturated carbocycles. The van der Waals surface area contributed by atoms with E-state index in [4.69, 9.17) is 5.84 Å². The van der Waals surface area contributed by atoms with Crippen molar-refractivity contribution in [2.45, 2.75) is 27.2 Å². The molecule has 0 fully saturated rings.